The molecule has 0 aliphatic rings. The van der Waals surface area contributed by atoms with Crippen LogP contribution < -0.4 is 16.3 Å². The molecule has 0 amide bonds. The molecule has 0 radical (unpaired) electrons. The van der Waals surface area contributed by atoms with E-state index in [2.05, 4.69) is 110 Å². The van der Waals surface area contributed by atoms with Crippen molar-refractivity contribution in [3.8, 4) is 0 Å². The molecule has 524 valence electrons. The Kier molecular flexibility index (Phi) is 26.0. The van der Waals surface area contributed by atoms with Crippen LogP contribution >= 0.6 is 11.6 Å². The van der Waals surface area contributed by atoms with Crippen molar-refractivity contribution in [2.45, 2.75) is 164 Å². The molecule has 0 aliphatic carbocycles. The van der Waals surface area contributed by atoms with Gasteiger partial charge in [-0.3, -0.25) is 24.4 Å². The zero-order valence-corrected chi connectivity index (χ0v) is 61.4. The van der Waals surface area contributed by atoms with Crippen LogP contribution in [0.2, 0.25) is 41.4 Å². The van der Waals surface area contributed by atoms with Gasteiger partial charge in [-0.15, -0.1) is 0 Å². The summed E-state index contributed by atoms with van der Waals surface area (Å²) >= 11 is 6.05. The van der Waals surface area contributed by atoms with E-state index in [0.717, 1.165) is 24.3 Å². The number of nitrogens with zero attached hydrogens (tertiary/aromatic N) is 6. The number of ether oxygens (including phenoxy) is 2. The van der Waals surface area contributed by atoms with E-state index in [4.69, 9.17) is 29.9 Å². The maximum atomic E-state index is 13.8. The van der Waals surface area contributed by atoms with Crippen molar-refractivity contribution in [3.05, 3.63) is 190 Å². The molecular formula is C72H91ClF4N6O12Si2. The van der Waals surface area contributed by atoms with Gasteiger partial charge in [-0.1, -0.05) is 107 Å². The molecule has 6 aromatic heterocycles. The lowest BCUT2D eigenvalue weighted by Gasteiger charge is -2.38. The number of hydrogen-bond donors (Lipinski definition) is 2. The number of benzene rings is 2. The van der Waals surface area contributed by atoms with Crippen LogP contribution in [-0.4, -0.2) is 106 Å². The van der Waals surface area contributed by atoms with Crippen LogP contribution in [0.5, 0.6) is 0 Å². The van der Waals surface area contributed by atoms with Gasteiger partial charge in [0.15, 0.2) is 39.9 Å². The molecule has 8 aromatic rings. The third-order valence-electron chi connectivity index (χ3n) is 18.2. The summed E-state index contributed by atoms with van der Waals surface area (Å²) in [6.07, 6.45) is 9.30. The van der Waals surface area contributed by atoms with Crippen LogP contribution in [0.4, 0.5) is 17.6 Å². The second-order valence-corrected chi connectivity index (χ2v) is 38.1. The summed E-state index contributed by atoms with van der Waals surface area (Å²) in [4.78, 5) is 89.0. The van der Waals surface area contributed by atoms with Crippen LogP contribution in [0.25, 0.3) is 32.7 Å². The second-order valence-electron chi connectivity index (χ2n) is 28.1. The number of esters is 2. The Morgan fingerprint density at radius 1 is 0.526 bits per heavy atom. The summed E-state index contributed by atoms with van der Waals surface area (Å²) in [6.45, 7) is 38.3. The van der Waals surface area contributed by atoms with Crippen LogP contribution in [-0.2, 0) is 31.2 Å². The highest BCUT2D eigenvalue weighted by Crippen LogP contribution is 2.40. The molecule has 0 spiro atoms. The van der Waals surface area contributed by atoms with Crippen molar-refractivity contribution in [1.82, 2.24) is 28.7 Å². The van der Waals surface area contributed by atoms with E-state index in [1.165, 1.54) is 36.7 Å². The molecule has 0 fully saturated rings. The first-order chi connectivity index (χ1) is 45.2. The van der Waals surface area contributed by atoms with E-state index in [1.54, 1.807) is 49.3 Å². The molecule has 97 heavy (non-hydrogen) atoms. The Bertz CT molecular complexity index is 4370. The van der Waals surface area contributed by atoms with Gasteiger partial charge in [-0.25, -0.2) is 36.9 Å². The fourth-order valence-electron chi connectivity index (χ4n) is 10.2. The predicted molar refractivity (Wildman–Crippen MR) is 375 cm³/mol. The van der Waals surface area contributed by atoms with Gasteiger partial charge in [-0.05, 0) is 121 Å². The number of rotatable bonds is 22. The van der Waals surface area contributed by atoms with E-state index >= 15 is 0 Å². The topological polar surface area (TPSA) is 233 Å². The monoisotopic (exact) mass is 1400 g/mol. The standard InChI is InChI=1S/C29H38F2N2O4Si.C22H33ClN2O4Si.C21H20F2N2O4/c1-9-36-28(35)22-16-33(26(18(2)3)17-37-38(7,8)29(4,5)6)25-15-32-20(14-21(25)27(22)34)12-19-10-11-23(30)24(31)13-19;1-9-28-21(27)16-12-25(17-11-24-19(23)10-15(17)20(16)26)18(14(2)3)13-29-30(7,8)22(4,5)6;1-11(2)19(10-26)25-9-15(21(28)29)20(27)14-7-13(24-8-18(14)25)5-12-3-4-16(22)17(23)6-12/h10-11,13-16,18,26H,9,12,17H2,1-8H3;10-12,14,18H,9,13H2,1-8H3;3-4,6-9,11,19,26H,5,10H2,1-2H3,(H,28,29)/t26-;18-;19-/m111/s1. The summed E-state index contributed by atoms with van der Waals surface area (Å²) in [5.74, 6) is -6.26. The number of carboxylic acid groups (broad SMARTS) is 1. The number of hydrogen-bond acceptors (Lipinski definition) is 14. The quantitative estimate of drug-likeness (QED) is 0.0278. The predicted octanol–water partition coefficient (Wildman–Crippen LogP) is 15.3. The number of aromatic nitrogens is 6. The number of pyridine rings is 6. The van der Waals surface area contributed by atoms with Gasteiger partial charge in [-0.2, -0.15) is 0 Å². The molecule has 0 aliphatic heterocycles. The number of fused-ring (bicyclic) bond motifs is 3. The van der Waals surface area contributed by atoms with Crippen LogP contribution in [0.15, 0.2) is 106 Å². The first-order valence-electron chi connectivity index (χ1n) is 32.3. The van der Waals surface area contributed by atoms with Crippen molar-refractivity contribution in [2.75, 3.05) is 33.0 Å². The van der Waals surface area contributed by atoms with Gasteiger partial charge in [0, 0.05) is 53.6 Å². The Morgan fingerprint density at radius 2 is 0.866 bits per heavy atom. The molecule has 2 aromatic carbocycles. The average Bonchev–Trinajstić information content (AvgIpc) is 0.777. The summed E-state index contributed by atoms with van der Waals surface area (Å²) < 4.78 is 82.5. The van der Waals surface area contributed by atoms with E-state index < -0.39 is 85.7 Å². The van der Waals surface area contributed by atoms with E-state index in [0.29, 0.717) is 63.1 Å². The second kappa shape index (κ2) is 32.3. The SMILES string of the molecule is CC(C)[C@@H](CO)n1cc(C(=O)O)c(=O)c2cc(Cc3ccc(F)c(F)c3)ncc21.CCOC(=O)c1cn([C@H](CO[Si](C)(C)C(C)(C)C)C(C)C)c2cnc(Cc3ccc(F)c(F)c3)cc2c1=O.CCOC(=O)c1cn([C@H](CO[Si](C)(C)C(C)(C)C)C(C)C)c2cnc(Cl)cc2c1=O. The van der Waals surface area contributed by atoms with E-state index in [1.807, 2.05) is 23.0 Å². The molecule has 0 unspecified atom stereocenters. The summed E-state index contributed by atoms with van der Waals surface area (Å²) in [5, 5.41) is 20.3. The zero-order chi connectivity index (χ0) is 72.6. The van der Waals surface area contributed by atoms with E-state index in [-0.39, 0.29) is 94.2 Å². The first kappa shape index (κ1) is 78.3. The van der Waals surface area contributed by atoms with Crippen molar-refractivity contribution in [1.29, 1.82) is 0 Å². The highest BCUT2D eigenvalue weighted by atomic mass is 35.5. The van der Waals surface area contributed by atoms with E-state index in [9.17, 15) is 56.5 Å². The van der Waals surface area contributed by atoms with Gasteiger partial charge in [0.25, 0.3) is 0 Å². The maximum Gasteiger partial charge on any atom is 0.343 e. The molecule has 0 saturated heterocycles. The molecular weight excluding hydrogens is 1310 g/mol. The van der Waals surface area contributed by atoms with Crippen molar-refractivity contribution >= 4 is 78.9 Å². The van der Waals surface area contributed by atoms with Crippen LogP contribution in [0, 0.1) is 41.0 Å². The van der Waals surface area contributed by atoms with Gasteiger partial charge < -0.3 is 42.2 Å². The smallest absolute Gasteiger partial charge is 0.343 e. The fourth-order valence-corrected chi connectivity index (χ4v) is 12.4. The van der Waals surface area contributed by atoms with Gasteiger partial charge in [0.1, 0.15) is 21.8 Å². The number of halogens is 5. The van der Waals surface area contributed by atoms with Crippen molar-refractivity contribution in [2.24, 2.45) is 17.8 Å². The highest BCUT2D eigenvalue weighted by molar-refractivity contribution is 6.74. The van der Waals surface area contributed by atoms with Gasteiger partial charge in [0.05, 0.1) is 91.7 Å². The lowest BCUT2D eigenvalue weighted by atomic mass is 10.0. The van der Waals surface area contributed by atoms with Crippen LogP contribution in [0.1, 0.15) is 169 Å². The number of carbonyl (C=O) groups excluding carboxylic acids is 2. The largest absolute Gasteiger partial charge is 0.477 e. The molecule has 3 atom stereocenters. The Morgan fingerprint density at radius 3 is 1.20 bits per heavy atom. The number of aliphatic hydroxyl groups is 1. The number of aromatic carboxylic acids is 1. The zero-order valence-electron chi connectivity index (χ0n) is 58.6. The highest BCUT2D eigenvalue weighted by Gasteiger charge is 2.40. The number of carbonyl (C=O) groups is 3. The minimum Gasteiger partial charge on any atom is -0.477 e. The molecule has 2 N–H and O–H groups in total. The third-order valence-corrected chi connectivity index (χ3v) is 27.4. The fraction of sp³-hybridized carbons (Fsp3) is 0.458. The maximum absolute atomic E-state index is 13.8. The minimum atomic E-state index is -2.07. The van der Waals surface area contributed by atoms with Crippen LogP contribution in [0.3, 0.4) is 0 Å². The molecule has 25 heteroatoms. The lowest BCUT2D eigenvalue weighted by molar-refractivity contribution is 0.0514. The van der Waals surface area contributed by atoms with Gasteiger partial charge >= 0.3 is 17.9 Å². The first-order valence-corrected chi connectivity index (χ1v) is 38.5. The Balaban J connectivity index is 0.000000233. The molecule has 6 heterocycles. The Labute approximate surface area is 570 Å². The molecule has 0 bridgehead atoms. The lowest BCUT2D eigenvalue weighted by Crippen LogP contribution is -2.42. The normalized spacial score (nSPS) is 13.1. The van der Waals surface area contributed by atoms with Crippen molar-refractivity contribution < 1.29 is 60.5 Å². The van der Waals surface area contributed by atoms with Gasteiger partial charge in [0.2, 0.25) is 16.3 Å². The summed E-state index contributed by atoms with van der Waals surface area (Å²) in [7, 11) is -4.06. The molecule has 18 nitrogen and oxygen atoms in total. The third kappa shape index (κ3) is 18.7. The molecule has 0 saturated carbocycles. The summed E-state index contributed by atoms with van der Waals surface area (Å²) in [5.41, 5.74) is 1.42. The average molecular weight is 1400 g/mol. The Hall–Kier alpha value is -7.75. The van der Waals surface area contributed by atoms with Crippen molar-refractivity contribution in [3.63, 3.8) is 0 Å². The summed E-state index contributed by atoms with van der Waals surface area (Å²) in [6, 6.07) is 11.0. The number of carboxylic acids is 1. The molecule has 8 rings (SSSR count). The minimum absolute atomic E-state index is 0.00964. The number of aliphatic hydroxyl groups excluding tert-OH is 1.